The van der Waals surface area contributed by atoms with Crippen LogP contribution in [0.25, 0.3) is 0 Å². The highest BCUT2D eigenvalue weighted by molar-refractivity contribution is 9.11. The molecular weight excluding hydrogens is 340 g/mol. The molecule has 0 saturated carbocycles. The minimum atomic E-state index is -3.41. The summed E-state index contributed by atoms with van der Waals surface area (Å²) in [6, 6.07) is 6.87. The van der Waals surface area contributed by atoms with Crippen LogP contribution in [0.1, 0.15) is 25.7 Å². The largest absolute Gasteiger partial charge is 0.397 e. The molecule has 0 heterocycles. The molecule has 0 aromatic heterocycles. The summed E-state index contributed by atoms with van der Waals surface area (Å²) in [4.78, 5) is 0. The molecule has 1 aromatic carbocycles. The van der Waals surface area contributed by atoms with Crippen LogP contribution in [0.5, 0.6) is 0 Å². The SMILES string of the molecule is CS(=O)(=O)N(c1ccccc1N)C1CCCCC=C1Br. The first-order valence-electron chi connectivity index (χ1n) is 6.60. The highest BCUT2D eigenvalue weighted by Crippen LogP contribution is 2.34. The van der Waals surface area contributed by atoms with E-state index in [2.05, 4.69) is 22.0 Å². The average molecular weight is 359 g/mol. The van der Waals surface area contributed by atoms with Gasteiger partial charge in [-0.3, -0.25) is 4.31 Å². The van der Waals surface area contributed by atoms with Gasteiger partial charge in [-0.05, 0) is 31.4 Å². The van der Waals surface area contributed by atoms with Crippen LogP contribution in [-0.4, -0.2) is 20.7 Å². The lowest BCUT2D eigenvalue weighted by Gasteiger charge is -2.32. The van der Waals surface area contributed by atoms with Gasteiger partial charge in [0.2, 0.25) is 10.0 Å². The number of halogens is 1. The van der Waals surface area contributed by atoms with E-state index in [9.17, 15) is 8.42 Å². The Hall–Kier alpha value is -1.01. The predicted octanol–water partition coefficient (Wildman–Crippen LogP) is 3.26. The number of sulfonamides is 1. The second kappa shape index (κ2) is 6.18. The molecule has 1 aromatic rings. The zero-order valence-electron chi connectivity index (χ0n) is 11.4. The number of nitrogen functional groups attached to an aromatic ring is 1. The van der Waals surface area contributed by atoms with Crippen molar-refractivity contribution >= 4 is 37.3 Å². The lowest BCUT2D eigenvalue weighted by Crippen LogP contribution is -2.40. The van der Waals surface area contributed by atoms with Gasteiger partial charge < -0.3 is 5.73 Å². The summed E-state index contributed by atoms with van der Waals surface area (Å²) in [7, 11) is -3.41. The Balaban J connectivity index is 2.51. The maximum atomic E-state index is 12.3. The van der Waals surface area contributed by atoms with Crippen molar-refractivity contribution in [2.24, 2.45) is 0 Å². The van der Waals surface area contributed by atoms with Gasteiger partial charge in [0.05, 0.1) is 23.7 Å². The molecule has 0 spiro atoms. The van der Waals surface area contributed by atoms with Gasteiger partial charge in [0.25, 0.3) is 0 Å². The van der Waals surface area contributed by atoms with Crippen molar-refractivity contribution in [1.82, 2.24) is 0 Å². The standard InChI is InChI=1S/C14H19BrN2O2S/c1-20(18,19)17(14-10-6-5-8-12(14)16)13-9-4-2-3-7-11(13)15/h5-8,10,13H,2-4,9,16H2,1H3. The smallest absolute Gasteiger partial charge is 0.232 e. The first kappa shape index (κ1) is 15.4. The molecule has 0 aliphatic heterocycles. The van der Waals surface area contributed by atoms with Gasteiger partial charge in [-0.25, -0.2) is 8.42 Å². The fourth-order valence-corrected chi connectivity index (χ4v) is 4.49. The summed E-state index contributed by atoms with van der Waals surface area (Å²) in [6.45, 7) is 0. The van der Waals surface area contributed by atoms with Crippen molar-refractivity contribution in [3.05, 3.63) is 34.8 Å². The third-order valence-electron chi connectivity index (χ3n) is 3.40. The first-order valence-corrected chi connectivity index (χ1v) is 9.25. The molecule has 2 N–H and O–H groups in total. The number of hydrogen-bond donors (Lipinski definition) is 1. The maximum Gasteiger partial charge on any atom is 0.232 e. The third-order valence-corrected chi connectivity index (χ3v) is 5.42. The summed E-state index contributed by atoms with van der Waals surface area (Å²) in [6.07, 6.45) is 7.12. The molecule has 20 heavy (non-hydrogen) atoms. The van der Waals surface area contributed by atoms with Crippen LogP contribution in [0.3, 0.4) is 0 Å². The third kappa shape index (κ3) is 3.35. The molecule has 0 saturated heterocycles. The molecule has 6 heteroatoms. The van der Waals surface area contributed by atoms with Crippen LogP contribution in [0.15, 0.2) is 34.8 Å². The Bertz CT molecular complexity index is 613. The zero-order valence-corrected chi connectivity index (χ0v) is 13.8. The van der Waals surface area contributed by atoms with E-state index >= 15 is 0 Å². The van der Waals surface area contributed by atoms with Gasteiger partial charge in [0, 0.05) is 4.48 Å². The van der Waals surface area contributed by atoms with E-state index < -0.39 is 10.0 Å². The lowest BCUT2D eigenvalue weighted by atomic mass is 10.1. The van der Waals surface area contributed by atoms with Crippen LogP contribution in [-0.2, 0) is 10.0 Å². The number of para-hydroxylation sites is 2. The predicted molar refractivity (Wildman–Crippen MR) is 87.4 cm³/mol. The van der Waals surface area contributed by atoms with Crippen LogP contribution < -0.4 is 10.0 Å². The Kier molecular flexibility index (Phi) is 4.75. The molecule has 0 amide bonds. The molecule has 0 fully saturated rings. The fraction of sp³-hybridized carbons (Fsp3) is 0.429. The molecule has 110 valence electrons. The lowest BCUT2D eigenvalue weighted by molar-refractivity contribution is 0.580. The van der Waals surface area contributed by atoms with Crippen LogP contribution in [0.4, 0.5) is 11.4 Å². The Morgan fingerprint density at radius 1 is 1.30 bits per heavy atom. The van der Waals surface area contributed by atoms with Gasteiger partial charge in [-0.15, -0.1) is 0 Å². The summed E-state index contributed by atoms with van der Waals surface area (Å²) < 4.78 is 26.9. The summed E-state index contributed by atoms with van der Waals surface area (Å²) >= 11 is 3.53. The number of nitrogens with two attached hydrogens (primary N) is 1. The van der Waals surface area contributed by atoms with Crippen molar-refractivity contribution < 1.29 is 8.42 Å². The second-order valence-corrected chi connectivity index (χ2v) is 7.78. The van der Waals surface area contributed by atoms with E-state index in [0.29, 0.717) is 11.4 Å². The number of hydrogen-bond acceptors (Lipinski definition) is 3. The van der Waals surface area contributed by atoms with E-state index in [1.54, 1.807) is 24.3 Å². The molecular formula is C14H19BrN2O2S. The molecule has 2 rings (SSSR count). The first-order chi connectivity index (χ1) is 9.41. The molecule has 4 nitrogen and oxygen atoms in total. The number of benzene rings is 1. The van der Waals surface area contributed by atoms with Gasteiger partial charge in [-0.1, -0.05) is 40.6 Å². The Morgan fingerprint density at radius 2 is 2.00 bits per heavy atom. The van der Waals surface area contributed by atoms with Crippen molar-refractivity contribution in [2.45, 2.75) is 31.7 Å². The minimum Gasteiger partial charge on any atom is -0.397 e. The maximum absolute atomic E-state index is 12.3. The van der Waals surface area contributed by atoms with Crippen molar-refractivity contribution in [3.8, 4) is 0 Å². The molecule has 1 atom stereocenters. The van der Waals surface area contributed by atoms with E-state index in [-0.39, 0.29) is 6.04 Å². The summed E-state index contributed by atoms with van der Waals surface area (Å²) in [5.74, 6) is 0. The molecule has 1 aliphatic rings. The quantitative estimate of drug-likeness (QED) is 0.843. The normalized spacial score (nSPS) is 20.1. The fourth-order valence-electron chi connectivity index (χ4n) is 2.49. The molecule has 1 aliphatic carbocycles. The van der Waals surface area contributed by atoms with E-state index in [4.69, 9.17) is 5.73 Å². The summed E-state index contributed by atoms with van der Waals surface area (Å²) in [5, 5.41) is 0. The van der Waals surface area contributed by atoms with Gasteiger partial charge in [-0.2, -0.15) is 0 Å². The number of nitrogens with zero attached hydrogens (tertiary/aromatic N) is 1. The van der Waals surface area contributed by atoms with Gasteiger partial charge in [0.15, 0.2) is 0 Å². The van der Waals surface area contributed by atoms with E-state index in [1.165, 1.54) is 10.6 Å². The Labute approximate surface area is 128 Å². The average Bonchev–Trinajstić information content (AvgIpc) is 2.56. The Morgan fingerprint density at radius 3 is 2.65 bits per heavy atom. The van der Waals surface area contributed by atoms with Crippen molar-refractivity contribution in [2.75, 3.05) is 16.3 Å². The van der Waals surface area contributed by atoms with Crippen LogP contribution in [0, 0.1) is 0 Å². The monoisotopic (exact) mass is 358 g/mol. The summed E-state index contributed by atoms with van der Waals surface area (Å²) in [5.41, 5.74) is 6.99. The number of rotatable bonds is 3. The van der Waals surface area contributed by atoms with Crippen molar-refractivity contribution in [3.63, 3.8) is 0 Å². The topological polar surface area (TPSA) is 63.4 Å². The number of anilines is 2. The molecule has 1 unspecified atom stereocenters. The highest BCUT2D eigenvalue weighted by Gasteiger charge is 2.30. The van der Waals surface area contributed by atoms with E-state index in [1.807, 2.05) is 0 Å². The minimum absolute atomic E-state index is 0.211. The highest BCUT2D eigenvalue weighted by atomic mass is 79.9. The second-order valence-electron chi connectivity index (χ2n) is 5.01. The van der Waals surface area contributed by atoms with E-state index in [0.717, 1.165) is 30.2 Å². The van der Waals surface area contributed by atoms with Gasteiger partial charge >= 0.3 is 0 Å². The van der Waals surface area contributed by atoms with Crippen LogP contribution in [0.2, 0.25) is 0 Å². The molecule has 0 bridgehead atoms. The van der Waals surface area contributed by atoms with Gasteiger partial charge in [0.1, 0.15) is 0 Å². The zero-order chi connectivity index (χ0) is 14.8. The molecule has 0 radical (unpaired) electrons. The van der Waals surface area contributed by atoms with Crippen LogP contribution >= 0.6 is 15.9 Å². The number of allylic oxidation sites excluding steroid dienone is 1. The van der Waals surface area contributed by atoms with Crippen molar-refractivity contribution in [1.29, 1.82) is 0 Å².